The Hall–Kier alpha value is -6.30. The molecule has 0 amide bonds. The first kappa shape index (κ1) is 44.2. The van der Waals surface area contributed by atoms with Gasteiger partial charge in [0.1, 0.15) is 8.07 Å². The van der Waals surface area contributed by atoms with Crippen LogP contribution in [0.25, 0.3) is 5.57 Å². The SMILES string of the molecule is CC1(C)C2=C(C3=C1c1ccccc1[Si]3(C)C)N(c1ccccc1)c1cccc3c1B2c1cc(N(c2ccc(C(C)(C)C)cc2)c2ccc(C(C)(C)C)cc2)ccc1N3c1ccc(C(C)(C)C)cc1. The van der Waals surface area contributed by atoms with E-state index < -0.39 is 8.07 Å². The van der Waals surface area contributed by atoms with Gasteiger partial charge in [0.25, 0.3) is 0 Å². The summed E-state index contributed by atoms with van der Waals surface area (Å²) in [5.74, 6) is 0. The first-order chi connectivity index (χ1) is 32.2. The second-order valence-electron chi connectivity index (χ2n) is 23.9. The molecule has 0 saturated carbocycles. The van der Waals surface area contributed by atoms with Crippen LogP contribution in [0, 0.1) is 5.41 Å². The van der Waals surface area contributed by atoms with Crippen LogP contribution in [-0.2, 0) is 16.2 Å². The highest BCUT2D eigenvalue weighted by atomic mass is 28.3. The number of rotatable bonds is 5. The Morgan fingerprint density at radius 3 is 1.53 bits per heavy atom. The van der Waals surface area contributed by atoms with Gasteiger partial charge in [-0.15, -0.1) is 0 Å². The molecule has 0 atom stereocenters. The van der Waals surface area contributed by atoms with Gasteiger partial charge in [0.2, 0.25) is 6.71 Å². The van der Waals surface area contributed by atoms with Crippen LogP contribution in [0.2, 0.25) is 13.1 Å². The molecular formula is C63H66BN3Si. The highest BCUT2D eigenvalue weighted by molar-refractivity contribution is 7.01. The van der Waals surface area contributed by atoms with Gasteiger partial charge >= 0.3 is 0 Å². The Labute approximate surface area is 408 Å². The van der Waals surface area contributed by atoms with Crippen molar-refractivity contribution in [3.63, 3.8) is 0 Å². The average molecular weight is 904 g/mol. The van der Waals surface area contributed by atoms with Gasteiger partial charge in [0.15, 0.2) is 0 Å². The van der Waals surface area contributed by atoms with E-state index in [-0.39, 0.29) is 28.4 Å². The van der Waals surface area contributed by atoms with Crippen molar-refractivity contribution in [1.82, 2.24) is 0 Å². The first-order valence-electron chi connectivity index (χ1n) is 24.8. The minimum Gasteiger partial charge on any atom is -0.312 e. The number of fused-ring (bicyclic) bond motifs is 6. The number of para-hydroxylation sites is 1. The molecule has 4 aliphatic rings. The van der Waals surface area contributed by atoms with Gasteiger partial charge in [-0.05, 0) is 144 Å². The third kappa shape index (κ3) is 6.66. The Morgan fingerprint density at radius 2 is 0.971 bits per heavy atom. The van der Waals surface area contributed by atoms with Crippen molar-refractivity contribution < 1.29 is 0 Å². The standard InChI is InChI=1S/C63H66BN3Si/c1-60(2,3)41-26-32-45(33-27-41)65(46-34-28-42(29-35-46)61(4,5)6)48-38-39-51-50(40-48)64-56-52(66(51)47-36-30-43(31-37-47)62(7,8)9)23-19-24-53(56)67(44-20-15-14-16-21-44)57-58-55(63(10,11)59(57)64)49-22-17-18-25-54(49)68(58,12)13/h14-40H,1-13H3. The summed E-state index contributed by atoms with van der Waals surface area (Å²) in [4.78, 5) is 7.72. The van der Waals surface area contributed by atoms with Crippen LogP contribution < -0.4 is 30.8 Å². The van der Waals surface area contributed by atoms with Crippen LogP contribution in [0.15, 0.2) is 180 Å². The van der Waals surface area contributed by atoms with Crippen molar-refractivity contribution in [3.05, 3.63) is 202 Å². The topological polar surface area (TPSA) is 9.72 Å². The summed E-state index contributed by atoms with van der Waals surface area (Å²) in [5.41, 5.74) is 22.1. The van der Waals surface area contributed by atoms with E-state index in [2.05, 4.69) is 268 Å². The molecule has 0 N–H and O–H groups in total. The average Bonchev–Trinajstić information content (AvgIpc) is 3.70. The molecule has 7 aromatic rings. The minimum atomic E-state index is -2.19. The van der Waals surface area contributed by atoms with Crippen LogP contribution in [0.3, 0.4) is 0 Å². The molecule has 0 radical (unpaired) electrons. The zero-order chi connectivity index (χ0) is 47.9. The predicted molar refractivity (Wildman–Crippen MR) is 297 cm³/mol. The Kier molecular flexibility index (Phi) is 9.82. The lowest BCUT2D eigenvalue weighted by Gasteiger charge is -2.47. The van der Waals surface area contributed by atoms with Gasteiger partial charge in [0, 0.05) is 56.6 Å². The van der Waals surface area contributed by atoms with Crippen LogP contribution >= 0.6 is 0 Å². The molecule has 0 aromatic heterocycles. The minimum absolute atomic E-state index is 0.00200. The first-order valence-corrected chi connectivity index (χ1v) is 27.8. The molecule has 340 valence electrons. The molecule has 0 unspecified atom stereocenters. The predicted octanol–water partition coefficient (Wildman–Crippen LogP) is 15.3. The molecule has 0 fully saturated rings. The van der Waals surface area contributed by atoms with Crippen molar-refractivity contribution in [2.24, 2.45) is 5.41 Å². The van der Waals surface area contributed by atoms with Gasteiger partial charge in [-0.2, -0.15) is 0 Å². The van der Waals surface area contributed by atoms with E-state index in [1.54, 1.807) is 10.4 Å². The van der Waals surface area contributed by atoms with Crippen molar-refractivity contribution >= 4 is 82.0 Å². The lowest BCUT2D eigenvalue weighted by Crippen LogP contribution is -2.58. The Balaban J connectivity index is 1.21. The van der Waals surface area contributed by atoms with E-state index in [4.69, 9.17) is 0 Å². The molecule has 3 heterocycles. The maximum Gasteiger partial charge on any atom is 0.248 e. The molecule has 0 saturated heterocycles. The van der Waals surface area contributed by atoms with Crippen LogP contribution in [0.1, 0.15) is 98.4 Å². The fourth-order valence-electron chi connectivity index (χ4n) is 12.1. The second kappa shape index (κ2) is 15.1. The van der Waals surface area contributed by atoms with Crippen molar-refractivity contribution in [2.75, 3.05) is 14.7 Å². The maximum atomic E-state index is 2.67. The number of hydrogen-bond acceptors (Lipinski definition) is 3. The van der Waals surface area contributed by atoms with Crippen LogP contribution in [-0.4, -0.2) is 14.8 Å². The number of nitrogens with zero attached hydrogens (tertiary/aromatic N) is 3. The molecule has 5 heteroatoms. The van der Waals surface area contributed by atoms with E-state index in [0.717, 1.165) is 17.1 Å². The molecule has 11 rings (SSSR count). The molecule has 0 spiro atoms. The highest BCUT2D eigenvalue weighted by Gasteiger charge is 2.59. The van der Waals surface area contributed by atoms with E-state index in [1.807, 2.05) is 0 Å². The zero-order valence-electron chi connectivity index (χ0n) is 42.5. The van der Waals surface area contributed by atoms with Crippen molar-refractivity contribution in [3.8, 4) is 0 Å². The van der Waals surface area contributed by atoms with Crippen molar-refractivity contribution in [2.45, 2.75) is 106 Å². The summed E-state index contributed by atoms with van der Waals surface area (Å²) in [6, 6.07) is 63.0. The number of benzene rings is 7. The lowest BCUT2D eigenvalue weighted by molar-refractivity contribution is 0.590. The van der Waals surface area contributed by atoms with Gasteiger partial charge < -0.3 is 14.7 Å². The smallest absolute Gasteiger partial charge is 0.248 e. The molecular weight excluding hydrogens is 838 g/mol. The number of allylic oxidation sites excluding steroid dienone is 3. The summed E-state index contributed by atoms with van der Waals surface area (Å²) in [7, 11) is -2.19. The van der Waals surface area contributed by atoms with Crippen molar-refractivity contribution in [1.29, 1.82) is 0 Å². The third-order valence-corrected chi connectivity index (χ3v) is 19.2. The largest absolute Gasteiger partial charge is 0.312 e. The molecule has 1 aliphatic carbocycles. The number of anilines is 8. The van der Waals surface area contributed by atoms with Gasteiger partial charge in [-0.1, -0.05) is 180 Å². The monoisotopic (exact) mass is 904 g/mol. The fourth-order valence-corrected chi connectivity index (χ4v) is 15.7. The molecule has 7 aromatic carbocycles. The highest BCUT2D eigenvalue weighted by Crippen LogP contribution is 2.62. The molecule has 3 nitrogen and oxygen atoms in total. The molecule has 68 heavy (non-hydrogen) atoms. The van der Waals surface area contributed by atoms with Gasteiger partial charge in [-0.25, -0.2) is 0 Å². The zero-order valence-corrected chi connectivity index (χ0v) is 43.5. The third-order valence-electron chi connectivity index (χ3n) is 15.7. The number of hydrogen-bond donors (Lipinski definition) is 0. The van der Waals surface area contributed by atoms with Crippen LogP contribution in [0.4, 0.5) is 45.5 Å². The van der Waals surface area contributed by atoms with Gasteiger partial charge in [0.05, 0.1) is 0 Å². The molecule has 3 aliphatic heterocycles. The fraction of sp³-hybridized carbons (Fsp3) is 0.270. The van der Waals surface area contributed by atoms with E-state index in [9.17, 15) is 0 Å². The lowest BCUT2D eigenvalue weighted by atomic mass is 9.30. The summed E-state index contributed by atoms with van der Waals surface area (Å²) in [6.45, 7) is 31.0. The van der Waals surface area contributed by atoms with E-state index >= 15 is 0 Å². The molecule has 0 bridgehead atoms. The normalized spacial score (nSPS) is 16.6. The maximum absolute atomic E-state index is 2.67. The summed E-state index contributed by atoms with van der Waals surface area (Å²) >= 11 is 0. The van der Waals surface area contributed by atoms with Gasteiger partial charge in [-0.3, -0.25) is 0 Å². The quantitative estimate of drug-likeness (QED) is 0.159. The van der Waals surface area contributed by atoms with E-state index in [1.165, 1.54) is 78.4 Å². The summed E-state index contributed by atoms with van der Waals surface area (Å²) < 4.78 is 0. The Morgan fingerprint density at radius 1 is 0.485 bits per heavy atom. The van der Waals surface area contributed by atoms with E-state index in [0.29, 0.717) is 0 Å². The summed E-state index contributed by atoms with van der Waals surface area (Å²) in [5, 5.41) is 3.15. The second-order valence-corrected chi connectivity index (χ2v) is 28.2. The Bertz CT molecular complexity index is 3150. The summed E-state index contributed by atoms with van der Waals surface area (Å²) in [6.07, 6.45) is 0. The van der Waals surface area contributed by atoms with Crippen LogP contribution in [0.5, 0.6) is 0 Å².